The highest BCUT2D eigenvalue weighted by atomic mass is 19.1. The van der Waals surface area contributed by atoms with Crippen LogP contribution in [0.1, 0.15) is 31.2 Å². The van der Waals surface area contributed by atoms with Crippen LogP contribution in [0.3, 0.4) is 0 Å². The third kappa shape index (κ3) is 2.64. The van der Waals surface area contributed by atoms with Crippen LogP contribution in [-0.2, 0) is 4.79 Å². The number of carbonyl (C=O) groups excluding carboxylic acids is 1. The fourth-order valence-electron chi connectivity index (χ4n) is 3.69. The zero-order valence-electron chi connectivity index (χ0n) is 13.6. The molecule has 0 unspecified atom stereocenters. The van der Waals surface area contributed by atoms with Crippen molar-refractivity contribution in [1.29, 1.82) is 0 Å². The van der Waals surface area contributed by atoms with Gasteiger partial charge in [0.2, 0.25) is 0 Å². The molecule has 0 aliphatic heterocycles. The first-order valence-corrected chi connectivity index (χ1v) is 8.21. The van der Waals surface area contributed by atoms with E-state index in [4.69, 9.17) is 0 Å². The number of H-pyrrole nitrogens is 1. The second-order valence-electron chi connectivity index (χ2n) is 6.71. The minimum atomic E-state index is -0.660. The molecule has 1 aliphatic rings. The number of Topliss-reactive ketones (excluding diaryl/α,β-unsaturated/α-hetero) is 1. The van der Waals surface area contributed by atoms with E-state index in [0.717, 1.165) is 11.6 Å². The standard InChI is InChI=1S/C20H16F3NO/c1-10(25)12-6-13(7-12)18-16-8-15(22)9-17(23)20(16)24-19(18)11-2-4-14(21)5-3-11/h2-5,8-9,12-13,24H,6-7H2,1H3/t12-,13-. The van der Waals surface area contributed by atoms with E-state index >= 15 is 0 Å². The third-order valence-electron chi connectivity index (χ3n) is 5.12. The molecule has 4 rings (SSSR count). The van der Waals surface area contributed by atoms with Gasteiger partial charge in [0.15, 0.2) is 0 Å². The lowest BCUT2D eigenvalue weighted by molar-refractivity contribution is -0.123. The van der Waals surface area contributed by atoms with Crippen LogP contribution >= 0.6 is 0 Å². The van der Waals surface area contributed by atoms with Crippen molar-refractivity contribution in [3.63, 3.8) is 0 Å². The summed E-state index contributed by atoms with van der Waals surface area (Å²) in [7, 11) is 0. The van der Waals surface area contributed by atoms with E-state index in [0.29, 0.717) is 29.5 Å². The number of aromatic amines is 1. The van der Waals surface area contributed by atoms with E-state index in [2.05, 4.69) is 4.98 Å². The van der Waals surface area contributed by atoms with Crippen molar-refractivity contribution in [2.75, 3.05) is 0 Å². The Morgan fingerprint density at radius 2 is 1.72 bits per heavy atom. The Kier molecular flexibility index (Phi) is 3.67. The van der Waals surface area contributed by atoms with Gasteiger partial charge < -0.3 is 4.98 Å². The highest BCUT2D eigenvalue weighted by Crippen LogP contribution is 2.48. The minimum absolute atomic E-state index is 0.00516. The van der Waals surface area contributed by atoms with E-state index in [1.807, 2.05) is 0 Å². The van der Waals surface area contributed by atoms with Gasteiger partial charge in [0.05, 0.1) is 11.2 Å². The van der Waals surface area contributed by atoms with Crippen molar-refractivity contribution in [2.24, 2.45) is 5.92 Å². The Bertz CT molecular complexity index is 969. The smallest absolute Gasteiger partial charge is 0.150 e. The van der Waals surface area contributed by atoms with Gasteiger partial charge in [-0.05, 0) is 67.1 Å². The number of halogens is 3. The first-order valence-electron chi connectivity index (χ1n) is 8.21. The van der Waals surface area contributed by atoms with Crippen LogP contribution in [0.4, 0.5) is 13.2 Å². The predicted octanol–water partition coefficient (Wildman–Crippen LogP) is 5.33. The predicted molar refractivity (Wildman–Crippen MR) is 89.8 cm³/mol. The Labute approximate surface area is 142 Å². The highest BCUT2D eigenvalue weighted by Gasteiger charge is 2.36. The molecule has 0 saturated heterocycles. The maximum absolute atomic E-state index is 14.2. The molecule has 1 aromatic heterocycles. The van der Waals surface area contributed by atoms with Gasteiger partial charge in [0.25, 0.3) is 0 Å². The summed E-state index contributed by atoms with van der Waals surface area (Å²) in [4.78, 5) is 14.6. The van der Waals surface area contributed by atoms with E-state index in [1.54, 1.807) is 19.1 Å². The number of carbonyl (C=O) groups is 1. The van der Waals surface area contributed by atoms with Gasteiger partial charge in [0, 0.05) is 17.4 Å². The Morgan fingerprint density at radius 1 is 1.04 bits per heavy atom. The van der Waals surface area contributed by atoms with Gasteiger partial charge in [-0.25, -0.2) is 13.2 Å². The number of hydrogen-bond acceptors (Lipinski definition) is 1. The summed E-state index contributed by atoms with van der Waals surface area (Å²) >= 11 is 0. The van der Waals surface area contributed by atoms with Gasteiger partial charge >= 0.3 is 0 Å². The Balaban J connectivity index is 1.89. The van der Waals surface area contributed by atoms with Crippen LogP contribution in [0.15, 0.2) is 36.4 Å². The Morgan fingerprint density at radius 3 is 2.36 bits per heavy atom. The SMILES string of the molecule is CC(=O)[C@H]1C[C@H](c2c(-c3ccc(F)cc3)[nH]c3c(F)cc(F)cc32)C1. The van der Waals surface area contributed by atoms with Crippen molar-refractivity contribution in [2.45, 2.75) is 25.7 Å². The van der Waals surface area contributed by atoms with Gasteiger partial charge in [-0.2, -0.15) is 0 Å². The van der Waals surface area contributed by atoms with Crippen molar-refractivity contribution < 1.29 is 18.0 Å². The molecular weight excluding hydrogens is 327 g/mol. The molecule has 1 fully saturated rings. The lowest BCUT2D eigenvalue weighted by Gasteiger charge is -2.34. The number of nitrogens with one attached hydrogen (secondary N) is 1. The zero-order chi connectivity index (χ0) is 17.7. The average Bonchev–Trinajstić information content (AvgIpc) is 2.86. The molecule has 0 spiro atoms. The van der Waals surface area contributed by atoms with E-state index in [-0.39, 0.29) is 29.0 Å². The number of hydrogen-bond donors (Lipinski definition) is 1. The first-order chi connectivity index (χ1) is 11.9. The van der Waals surface area contributed by atoms with Crippen molar-refractivity contribution in [1.82, 2.24) is 4.98 Å². The molecule has 0 bridgehead atoms. The molecule has 128 valence electrons. The van der Waals surface area contributed by atoms with Crippen LogP contribution in [0.25, 0.3) is 22.2 Å². The fourth-order valence-corrected chi connectivity index (χ4v) is 3.69. The lowest BCUT2D eigenvalue weighted by Crippen LogP contribution is -2.27. The summed E-state index contributed by atoms with van der Waals surface area (Å²) in [5.74, 6) is -1.49. The van der Waals surface area contributed by atoms with Gasteiger partial charge in [-0.3, -0.25) is 4.79 Å². The molecule has 1 aliphatic carbocycles. The third-order valence-corrected chi connectivity index (χ3v) is 5.12. The normalized spacial score (nSPS) is 19.8. The molecule has 3 aromatic rings. The number of aromatic nitrogens is 1. The van der Waals surface area contributed by atoms with Gasteiger partial charge in [0.1, 0.15) is 23.2 Å². The average molecular weight is 343 g/mol. The van der Waals surface area contributed by atoms with Crippen LogP contribution in [-0.4, -0.2) is 10.8 Å². The Hall–Kier alpha value is -2.56. The molecular formula is C20H16F3NO. The maximum atomic E-state index is 14.2. The van der Waals surface area contributed by atoms with Crippen molar-refractivity contribution in [3.05, 3.63) is 59.4 Å². The van der Waals surface area contributed by atoms with Crippen molar-refractivity contribution >= 4 is 16.7 Å². The fraction of sp³-hybridized carbons (Fsp3) is 0.250. The summed E-state index contributed by atoms with van der Waals surface area (Å²) in [5.41, 5.74) is 2.41. The molecule has 0 radical (unpaired) electrons. The number of ketones is 1. The molecule has 0 amide bonds. The van der Waals surface area contributed by atoms with Crippen LogP contribution in [0.2, 0.25) is 0 Å². The van der Waals surface area contributed by atoms with E-state index in [1.165, 1.54) is 18.2 Å². The largest absolute Gasteiger partial charge is 0.352 e. The monoisotopic (exact) mass is 343 g/mol. The first kappa shape index (κ1) is 15.9. The van der Waals surface area contributed by atoms with Gasteiger partial charge in [-0.1, -0.05) is 0 Å². The highest BCUT2D eigenvalue weighted by molar-refractivity contribution is 5.92. The molecule has 0 atom stereocenters. The van der Waals surface area contributed by atoms with Crippen molar-refractivity contribution in [3.8, 4) is 11.3 Å². The lowest BCUT2D eigenvalue weighted by atomic mass is 9.69. The topological polar surface area (TPSA) is 32.9 Å². The summed E-state index contributed by atoms with van der Waals surface area (Å²) in [5, 5.41) is 0.490. The van der Waals surface area contributed by atoms with E-state index < -0.39 is 11.6 Å². The number of rotatable bonds is 3. The summed E-state index contributed by atoms with van der Waals surface area (Å²) in [6.07, 6.45) is 1.32. The molecule has 1 heterocycles. The van der Waals surface area contributed by atoms with Crippen LogP contribution in [0.5, 0.6) is 0 Å². The number of benzene rings is 2. The molecule has 2 aromatic carbocycles. The maximum Gasteiger partial charge on any atom is 0.150 e. The minimum Gasteiger partial charge on any atom is -0.352 e. The second-order valence-corrected chi connectivity index (χ2v) is 6.71. The molecule has 1 N–H and O–H groups in total. The molecule has 1 saturated carbocycles. The van der Waals surface area contributed by atoms with E-state index in [9.17, 15) is 18.0 Å². The second kappa shape index (κ2) is 5.76. The molecule has 5 heteroatoms. The molecule has 2 nitrogen and oxygen atoms in total. The van der Waals surface area contributed by atoms with Crippen LogP contribution in [0, 0.1) is 23.4 Å². The summed E-state index contributed by atoms with van der Waals surface area (Å²) in [6, 6.07) is 8.05. The molecule has 25 heavy (non-hydrogen) atoms. The number of fused-ring (bicyclic) bond motifs is 1. The zero-order valence-corrected chi connectivity index (χ0v) is 13.6. The quantitative estimate of drug-likeness (QED) is 0.684. The van der Waals surface area contributed by atoms with Gasteiger partial charge in [-0.15, -0.1) is 0 Å². The van der Waals surface area contributed by atoms with Crippen LogP contribution < -0.4 is 0 Å². The summed E-state index contributed by atoms with van der Waals surface area (Å²) < 4.78 is 41.2. The summed E-state index contributed by atoms with van der Waals surface area (Å²) in [6.45, 7) is 1.57.